The monoisotopic (exact) mass is 689 g/mol. The molecule has 0 radical (unpaired) electrons. The zero-order chi connectivity index (χ0) is 32.0. The van der Waals surface area contributed by atoms with Gasteiger partial charge in [0.05, 0.1) is 12.3 Å². The Kier molecular flexibility index (Phi) is 9.35. The van der Waals surface area contributed by atoms with Crippen molar-refractivity contribution in [1.29, 1.82) is 0 Å². The molecular formula is C19H22N3O17P3S. The minimum Gasteiger partial charge on any atom is -0.387 e. The summed E-state index contributed by atoms with van der Waals surface area (Å²) >= 11 is 0. The third-order valence-corrected chi connectivity index (χ3v) is 11.0. The van der Waals surface area contributed by atoms with Crippen molar-refractivity contribution in [2.24, 2.45) is 0 Å². The molecule has 1 aromatic heterocycles. The fourth-order valence-corrected chi connectivity index (χ4v) is 8.42. The van der Waals surface area contributed by atoms with Crippen molar-refractivity contribution in [3.05, 3.63) is 69.5 Å². The summed E-state index contributed by atoms with van der Waals surface area (Å²) in [7, 11) is -21.7. The first kappa shape index (κ1) is 33.3. The molecule has 0 saturated carbocycles. The van der Waals surface area contributed by atoms with E-state index in [2.05, 4.69) is 13.1 Å². The predicted molar refractivity (Wildman–Crippen MR) is 142 cm³/mol. The third kappa shape index (κ3) is 7.93. The Morgan fingerprint density at radius 1 is 0.930 bits per heavy atom. The first-order valence-electron chi connectivity index (χ1n) is 11.4. The molecule has 0 spiro atoms. The van der Waals surface area contributed by atoms with Crippen LogP contribution in [-0.4, -0.2) is 72.3 Å². The number of anilines is 1. The average Bonchev–Trinajstić information content (AvgIpc) is 3.14. The highest BCUT2D eigenvalue weighted by molar-refractivity contribution is 7.86. The van der Waals surface area contributed by atoms with Gasteiger partial charge in [-0.1, -0.05) is 24.3 Å². The lowest BCUT2D eigenvalue weighted by Crippen LogP contribution is -2.37. The average molecular weight is 689 g/mol. The molecule has 43 heavy (non-hydrogen) atoms. The molecular weight excluding hydrogens is 667 g/mol. The smallest absolute Gasteiger partial charge is 0.387 e. The van der Waals surface area contributed by atoms with E-state index in [1.54, 1.807) is 0 Å². The molecule has 1 fully saturated rings. The highest BCUT2D eigenvalue weighted by atomic mass is 32.2. The Labute approximate surface area is 239 Å². The number of H-pyrrole nitrogens is 1. The van der Waals surface area contributed by atoms with E-state index in [1.807, 2.05) is 10.1 Å². The quantitative estimate of drug-likeness (QED) is 0.0971. The van der Waals surface area contributed by atoms with E-state index < -0.39 is 80.8 Å². The van der Waals surface area contributed by atoms with Gasteiger partial charge in [-0.15, -0.1) is 0 Å². The van der Waals surface area contributed by atoms with E-state index in [0.29, 0.717) is 4.57 Å². The second kappa shape index (κ2) is 12.1. The summed E-state index contributed by atoms with van der Waals surface area (Å²) in [5, 5.41) is 22.1. The molecule has 1 aliphatic rings. The van der Waals surface area contributed by atoms with Crippen molar-refractivity contribution >= 4 is 50.0 Å². The van der Waals surface area contributed by atoms with Gasteiger partial charge in [0.1, 0.15) is 23.2 Å². The van der Waals surface area contributed by atoms with Gasteiger partial charge in [-0.3, -0.25) is 28.5 Å². The Balaban J connectivity index is 1.42. The van der Waals surface area contributed by atoms with Gasteiger partial charge in [-0.2, -0.15) is 17.0 Å². The number of fused-ring (bicyclic) bond motifs is 1. The van der Waals surface area contributed by atoms with Gasteiger partial charge in [0.2, 0.25) is 0 Å². The van der Waals surface area contributed by atoms with Gasteiger partial charge in [0.15, 0.2) is 6.23 Å². The zero-order valence-corrected chi connectivity index (χ0v) is 24.5. The van der Waals surface area contributed by atoms with E-state index >= 15 is 0 Å². The predicted octanol–water partition coefficient (Wildman–Crippen LogP) is 0.0188. The Morgan fingerprint density at radius 2 is 1.58 bits per heavy atom. The van der Waals surface area contributed by atoms with Gasteiger partial charge in [-0.25, -0.2) is 18.5 Å². The van der Waals surface area contributed by atoms with Crippen molar-refractivity contribution in [3.63, 3.8) is 0 Å². The van der Waals surface area contributed by atoms with Crippen LogP contribution in [0.5, 0.6) is 0 Å². The maximum Gasteiger partial charge on any atom is 0.489 e. The second-order valence-electron chi connectivity index (χ2n) is 8.72. The van der Waals surface area contributed by atoms with Crippen molar-refractivity contribution in [2.75, 3.05) is 11.7 Å². The molecule has 8 N–H and O–H groups in total. The normalized spacial score (nSPS) is 25.1. The lowest BCUT2D eigenvalue weighted by molar-refractivity contribution is -0.0542. The summed E-state index contributed by atoms with van der Waals surface area (Å²) in [6, 6.07) is 8.01. The van der Waals surface area contributed by atoms with E-state index in [-0.39, 0.29) is 16.5 Å². The molecule has 2 aromatic carbocycles. The molecule has 4 rings (SSSR count). The number of hydrogen-bond donors (Lipinski definition) is 8. The van der Waals surface area contributed by atoms with Crippen molar-refractivity contribution in [3.8, 4) is 0 Å². The first-order chi connectivity index (χ1) is 19.8. The van der Waals surface area contributed by atoms with Crippen LogP contribution in [-0.2, 0) is 41.7 Å². The number of aliphatic hydroxyl groups is 2. The number of ether oxygens (including phenoxy) is 1. The summed E-state index contributed by atoms with van der Waals surface area (Å²) in [5.41, 5.74) is -2.11. The zero-order valence-electron chi connectivity index (χ0n) is 21.0. The number of nitrogens with one attached hydrogen (secondary N) is 2. The Morgan fingerprint density at radius 3 is 2.23 bits per heavy atom. The fraction of sp³-hybridized carbons (Fsp3) is 0.263. The Bertz CT molecular complexity index is 1910. The second-order valence-corrected chi connectivity index (χ2v) is 14.8. The van der Waals surface area contributed by atoms with Crippen LogP contribution in [0, 0.1) is 0 Å². The highest BCUT2D eigenvalue weighted by Crippen LogP contribution is 2.67. The molecule has 20 nitrogen and oxygen atoms in total. The largest absolute Gasteiger partial charge is 0.489 e. The van der Waals surface area contributed by atoms with Crippen LogP contribution in [0.1, 0.15) is 6.23 Å². The van der Waals surface area contributed by atoms with Crippen LogP contribution in [0.2, 0.25) is 0 Å². The van der Waals surface area contributed by atoms with Gasteiger partial charge < -0.3 is 29.6 Å². The summed E-state index contributed by atoms with van der Waals surface area (Å²) in [5.74, 6) is 0. The number of rotatable bonds is 11. The minimum atomic E-state index is -5.91. The number of nitrogens with zero attached hydrogens (tertiary/aromatic N) is 1. The molecule has 1 aliphatic heterocycles. The lowest BCUT2D eigenvalue weighted by Gasteiger charge is -2.21. The topological polar surface area (TPSA) is 311 Å². The van der Waals surface area contributed by atoms with Crippen LogP contribution in [0.4, 0.5) is 5.69 Å². The molecule has 1 saturated heterocycles. The van der Waals surface area contributed by atoms with Crippen LogP contribution < -0.4 is 16.3 Å². The number of hydrogen-bond acceptors (Lipinski definition) is 13. The Hall–Kier alpha value is -2.58. The molecule has 3 unspecified atom stereocenters. The van der Waals surface area contributed by atoms with Crippen molar-refractivity contribution < 1.29 is 69.4 Å². The number of benzene rings is 2. The van der Waals surface area contributed by atoms with Gasteiger partial charge in [0, 0.05) is 23.0 Å². The fourth-order valence-electron chi connectivity index (χ4n) is 3.98. The number of aliphatic hydroxyl groups excluding tert-OH is 2. The SMILES string of the molecule is O=c1ccn([C@@H]2O[C@H](COP(=O)(O)OP(=O)(O)OP(=O)(O)Nc3cccc4c(S(=O)(=O)O)cccc34)[C@@H](O)[C@H]2O)c(=O)[nH]1. The van der Waals surface area contributed by atoms with E-state index in [1.165, 1.54) is 24.3 Å². The summed E-state index contributed by atoms with van der Waals surface area (Å²) in [6.07, 6.45) is -5.93. The van der Waals surface area contributed by atoms with Gasteiger partial charge in [0.25, 0.3) is 15.7 Å². The lowest BCUT2D eigenvalue weighted by atomic mass is 10.1. The van der Waals surface area contributed by atoms with E-state index in [4.69, 9.17) is 4.74 Å². The molecule has 236 valence electrons. The highest BCUT2D eigenvalue weighted by Gasteiger charge is 2.47. The molecule has 0 bridgehead atoms. The number of aromatic nitrogens is 2. The van der Waals surface area contributed by atoms with Crippen molar-refractivity contribution in [1.82, 2.24) is 9.55 Å². The summed E-state index contributed by atoms with van der Waals surface area (Å²) < 4.78 is 88.5. The minimum absolute atomic E-state index is 0.0555. The van der Waals surface area contributed by atoms with E-state index in [0.717, 1.165) is 24.4 Å². The number of phosphoric acid groups is 2. The van der Waals surface area contributed by atoms with Crippen LogP contribution in [0.15, 0.2) is 63.1 Å². The number of aromatic amines is 1. The van der Waals surface area contributed by atoms with Crippen LogP contribution in [0.3, 0.4) is 0 Å². The molecule has 0 aliphatic carbocycles. The summed E-state index contributed by atoms with van der Waals surface area (Å²) in [4.78, 5) is 54.4. The van der Waals surface area contributed by atoms with Crippen LogP contribution in [0.25, 0.3) is 10.8 Å². The summed E-state index contributed by atoms with van der Waals surface area (Å²) in [6.45, 7) is -1.10. The molecule has 2 heterocycles. The third-order valence-electron chi connectivity index (χ3n) is 5.71. The van der Waals surface area contributed by atoms with Crippen LogP contribution >= 0.6 is 23.4 Å². The van der Waals surface area contributed by atoms with Crippen molar-refractivity contribution in [2.45, 2.75) is 29.4 Å². The standard InChI is InChI=1S/C19H22N3O17P3S/c23-15-7-8-22(19(26)20-15)18-17(25)16(24)13(37-18)9-36-41(29,30)39-42(31,32)38-40(27,28)21-12-5-1-4-11-10(12)3-2-6-14(11)43(33,34)35/h1-8,13,16-18,24-25H,9H2,(H,29,30)(H,31,32)(H,20,23,26)(H2,21,27,28)(H,33,34,35)/t13-,16-,17-,18-/m1/s1. The molecule has 24 heteroatoms. The van der Waals surface area contributed by atoms with Gasteiger partial charge in [-0.05, 0) is 12.1 Å². The maximum absolute atomic E-state index is 12.6. The maximum atomic E-state index is 12.6. The molecule has 0 amide bonds. The molecule has 3 aromatic rings. The first-order valence-corrected chi connectivity index (χ1v) is 17.5. The number of phosphoric ester groups is 1. The van der Waals surface area contributed by atoms with E-state index in [9.17, 15) is 61.1 Å². The molecule has 7 atom stereocenters. The van der Waals surface area contributed by atoms with Gasteiger partial charge >= 0.3 is 29.1 Å².